The Morgan fingerprint density at radius 2 is 1.63 bits per heavy atom. The summed E-state index contributed by atoms with van der Waals surface area (Å²) in [6.07, 6.45) is -1.71. The van der Waals surface area contributed by atoms with Crippen LogP contribution in [0.4, 0.5) is 22.0 Å². The predicted molar refractivity (Wildman–Crippen MR) is 137 cm³/mol. The van der Waals surface area contributed by atoms with Crippen molar-refractivity contribution in [3.05, 3.63) is 0 Å². The largest absolute Gasteiger partial charge is 0.465 e. The lowest BCUT2D eigenvalue weighted by Crippen LogP contribution is -2.54. The van der Waals surface area contributed by atoms with Crippen LogP contribution in [0.5, 0.6) is 0 Å². The van der Waals surface area contributed by atoms with Crippen LogP contribution in [-0.2, 0) is 29.2 Å². The highest BCUT2D eigenvalue weighted by atomic mass is 32.2. The molecular weight excluding hydrogens is 575 g/mol. The van der Waals surface area contributed by atoms with Crippen molar-refractivity contribution >= 4 is 22.6 Å². The van der Waals surface area contributed by atoms with Gasteiger partial charge in [-0.3, -0.25) is 14.1 Å². The SMILES string of the molecule is C[C@H](CCC(=O)OC(C(F)(F)F)C(F)(F)S(=O)(=O)O)[C@H]1CC[C@H]2[C@@H]3CCC4C[C@H](OC=O)CC[C@]4(C)[C@H]3CC[C@]12C. The summed E-state index contributed by atoms with van der Waals surface area (Å²) in [6.45, 7) is 7.14. The van der Waals surface area contributed by atoms with Crippen LogP contribution in [0.3, 0.4) is 0 Å². The van der Waals surface area contributed by atoms with Gasteiger partial charge in [-0.15, -0.1) is 0 Å². The van der Waals surface area contributed by atoms with Gasteiger partial charge in [-0.2, -0.15) is 30.4 Å². The van der Waals surface area contributed by atoms with E-state index in [0.29, 0.717) is 30.1 Å². The Balaban J connectivity index is 1.39. The van der Waals surface area contributed by atoms with Gasteiger partial charge in [-0.1, -0.05) is 20.8 Å². The summed E-state index contributed by atoms with van der Waals surface area (Å²) < 4.78 is 107. The molecule has 4 fully saturated rings. The van der Waals surface area contributed by atoms with Gasteiger partial charge in [-0.05, 0) is 111 Å². The van der Waals surface area contributed by atoms with Crippen LogP contribution in [0.1, 0.15) is 91.4 Å². The Morgan fingerprint density at radius 1 is 1.00 bits per heavy atom. The molecule has 236 valence electrons. The van der Waals surface area contributed by atoms with E-state index < -0.39 is 40.0 Å². The highest BCUT2D eigenvalue weighted by Crippen LogP contribution is 2.68. The Bertz CT molecular complexity index is 1100. The minimum absolute atomic E-state index is 0.00920. The molecule has 0 radical (unpaired) electrons. The zero-order valence-electron chi connectivity index (χ0n) is 23.7. The van der Waals surface area contributed by atoms with Gasteiger partial charge in [0.25, 0.3) is 12.6 Å². The summed E-state index contributed by atoms with van der Waals surface area (Å²) in [4.78, 5) is 23.1. The third kappa shape index (κ3) is 5.87. The number of carbonyl (C=O) groups is 2. The molecule has 4 rings (SSSR count). The molecule has 13 heteroatoms. The molecule has 0 saturated heterocycles. The lowest BCUT2D eigenvalue weighted by atomic mass is 9.44. The summed E-state index contributed by atoms with van der Waals surface area (Å²) in [5.41, 5.74) is 0.178. The van der Waals surface area contributed by atoms with Crippen molar-refractivity contribution in [2.75, 3.05) is 0 Å². The normalized spacial score (nSPS) is 39.0. The van der Waals surface area contributed by atoms with Gasteiger partial charge in [0.15, 0.2) is 0 Å². The number of halogens is 5. The standard InChI is InChI=1S/C28H41F5O7S/c1-16(4-9-23(35)40-24(27(29,30)31)28(32,33)41(36,37)38)20-7-8-21-19-6-5-17-14-18(39-15-34)10-12-25(17,2)22(19)11-13-26(20,21)3/h15-22,24H,4-14H2,1-3H3,(H,36,37,38)/t16-,17?,18-,19+,20-,21+,22+,24?,25+,26-/m1/s1. The fourth-order valence-corrected chi connectivity index (χ4v) is 10.0. The van der Waals surface area contributed by atoms with Gasteiger partial charge in [0.2, 0.25) is 0 Å². The molecule has 0 heterocycles. The third-order valence-electron chi connectivity index (χ3n) is 11.6. The highest BCUT2D eigenvalue weighted by molar-refractivity contribution is 7.86. The molecule has 0 aliphatic heterocycles. The third-order valence-corrected chi connectivity index (χ3v) is 12.5. The van der Waals surface area contributed by atoms with Gasteiger partial charge in [0.05, 0.1) is 0 Å². The lowest BCUT2D eigenvalue weighted by Gasteiger charge is -2.61. The smallest absolute Gasteiger partial charge is 0.432 e. The minimum Gasteiger partial charge on any atom is -0.465 e. The van der Waals surface area contributed by atoms with Crippen molar-refractivity contribution < 1.29 is 54.0 Å². The van der Waals surface area contributed by atoms with E-state index in [0.717, 1.165) is 57.8 Å². The predicted octanol–water partition coefficient (Wildman–Crippen LogP) is 6.56. The van der Waals surface area contributed by atoms with Crippen LogP contribution in [0.2, 0.25) is 0 Å². The van der Waals surface area contributed by atoms with E-state index in [1.807, 2.05) is 6.92 Å². The summed E-state index contributed by atoms with van der Waals surface area (Å²) in [7, 11) is -6.47. The fourth-order valence-electron chi connectivity index (χ4n) is 9.59. The monoisotopic (exact) mass is 616 g/mol. The van der Waals surface area contributed by atoms with Crippen LogP contribution in [0.25, 0.3) is 0 Å². The van der Waals surface area contributed by atoms with Crippen molar-refractivity contribution in [3.8, 4) is 0 Å². The zero-order valence-corrected chi connectivity index (χ0v) is 24.5. The number of esters is 1. The van der Waals surface area contributed by atoms with E-state index in [2.05, 4.69) is 18.6 Å². The van der Waals surface area contributed by atoms with E-state index in [9.17, 15) is 40.0 Å². The molecule has 7 nitrogen and oxygen atoms in total. The maximum atomic E-state index is 13.8. The molecule has 0 amide bonds. The summed E-state index contributed by atoms with van der Waals surface area (Å²) in [5, 5.41) is -5.73. The number of hydrogen-bond acceptors (Lipinski definition) is 6. The summed E-state index contributed by atoms with van der Waals surface area (Å²) >= 11 is 0. The van der Waals surface area contributed by atoms with Crippen molar-refractivity contribution in [1.29, 1.82) is 0 Å². The Labute approximate surface area is 238 Å². The van der Waals surface area contributed by atoms with E-state index >= 15 is 0 Å². The summed E-state index contributed by atoms with van der Waals surface area (Å²) in [6, 6.07) is 0. The lowest BCUT2D eigenvalue weighted by molar-refractivity contribution is -0.259. The highest BCUT2D eigenvalue weighted by Gasteiger charge is 2.66. The number of ether oxygens (including phenoxy) is 2. The number of rotatable bonds is 9. The molecule has 41 heavy (non-hydrogen) atoms. The number of hydrogen-bond donors (Lipinski definition) is 1. The first-order valence-corrected chi connectivity index (χ1v) is 16.0. The van der Waals surface area contributed by atoms with E-state index in [1.165, 1.54) is 0 Å². The van der Waals surface area contributed by atoms with Crippen LogP contribution in [0, 0.1) is 46.3 Å². The number of alkyl halides is 5. The molecule has 0 aromatic heterocycles. The molecule has 1 N–H and O–H groups in total. The molecule has 0 aromatic carbocycles. The average molecular weight is 617 g/mol. The topological polar surface area (TPSA) is 107 Å². The number of fused-ring (bicyclic) bond motifs is 5. The van der Waals surface area contributed by atoms with Crippen LogP contribution < -0.4 is 0 Å². The Hall–Kier alpha value is -1.50. The van der Waals surface area contributed by atoms with Gasteiger partial charge in [-0.25, -0.2) is 0 Å². The molecule has 0 bridgehead atoms. The average Bonchev–Trinajstić information content (AvgIpc) is 3.22. The van der Waals surface area contributed by atoms with Crippen molar-refractivity contribution in [3.63, 3.8) is 0 Å². The fraction of sp³-hybridized carbons (Fsp3) is 0.929. The van der Waals surface area contributed by atoms with Crippen molar-refractivity contribution in [1.82, 2.24) is 0 Å². The maximum absolute atomic E-state index is 13.8. The summed E-state index contributed by atoms with van der Waals surface area (Å²) in [5.74, 6) is 0.629. The van der Waals surface area contributed by atoms with Gasteiger partial charge >= 0.3 is 27.5 Å². The molecule has 0 spiro atoms. The van der Waals surface area contributed by atoms with E-state index in [-0.39, 0.29) is 35.2 Å². The zero-order chi connectivity index (χ0) is 30.6. The molecule has 4 aliphatic rings. The Morgan fingerprint density at radius 3 is 2.24 bits per heavy atom. The van der Waals surface area contributed by atoms with Crippen LogP contribution in [-0.4, -0.2) is 49.1 Å². The van der Waals surface area contributed by atoms with Gasteiger partial charge in [0, 0.05) is 6.42 Å². The first kappa shape index (κ1) is 32.4. The number of carbonyl (C=O) groups excluding carboxylic acids is 2. The second kappa shape index (κ2) is 11.2. The molecule has 4 saturated carbocycles. The van der Waals surface area contributed by atoms with E-state index in [1.54, 1.807) is 0 Å². The molecule has 4 aliphatic carbocycles. The second-order valence-corrected chi connectivity index (χ2v) is 15.0. The second-order valence-electron chi connectivity index (χ2n) is 13.5. The van der Waals surface area contributed by atoms with Crippen LogP contribution >= 0.6 is 0 Å². The molecule has 0 aromatic rings. The quantitative estimate of drug-likeness (QED) is 0.135. The van der Waals surface area contributed by atoms with Gasteiger partial charge < -0.3 is 9.47 Å². The van der Waals surface area contributed by atoms with E-state index in [4.69, 9.17) is 9.29 Å². The first-order valence-electron chi connectivity index (χ1n) is 14.6. The molecule has 10 atom stereocenters. The van der Waals surface area contributed by atoms with Crippen LogP contribution in [0.15, 0.2) is 0 Å². The Kier molecular flexibility index (Phi) is 8.86. The van der Waals surface area contributed by atoms with Gasteiger partial charge in [0.1, 0.15) is 6.10 Å². The molecule has 2 unspecified atom stereocenters. The van der Waals surface area contributed by atoms with Crippen molar-refractivity contribution in [2.45, 2.75) is 115 Å². The van der Waals surface area contributed by atoms with Crippen molar-refractivity contribution in [2.24, 2.45) is 46.3 Å². The first-order chi connectivity index (χ1) is 18.9. The maximum Gasteiger partial charge on any atom is 0.432 e. The molecular formula is C28H41F5O7S. The minimum atomic E-state index is -6.47.